The molecule has 0 aromatic carbocycles. The van der Waals surface area contributed by atoms with Crippen molar-refractivity contribution in [3.8, 4) is 0 Å². The molecule has 5 N–H and O–H groups in total. The highest BCUT2D eigenvalue weighted by Gasteiger charge is 2.36. The molecule has 0 saturated carbocycles. The first-order valence-corrected chi connectivity index (χ1v) is 3.98. The molecule has 0 amide bonds. The highest BCUT2D eigenvalue weighted by Crippen LogP contribution is 2.10. The van der Waals surface area contributed by atoms with E-state index < -0.39 is 24.4 Å². The Bertz CT molecular complexity index is 218. The van der Waals surface area contributed by atoms with Crippen LogP contribution in [0.3, 0.4) is 0 Å². The van der Waals surface area contributed by atoms with Crippen LogP contribution in [0.15, 0.2) is 5.11 Å². The van der Waals surface area contributed by atoms with Gasteiger partial charge >= 0.3 is 0 Å². The Kier molecular flexibility index (Phi) is 3.47. The number of β-amino-alcohol motifs (C(OH)–C–C–N with tert-alkyl or cyclic N) is 1. The lowest BCUT2D eigenvalue weighted by Gasteiger charge is -2.19. The van der Waals surface area contributed by atoms with Gasteiger partial charge in [-0.3, -0.25) is 0 Å². The predicted octanol–water partition coefficient (Wildman–Crippen LogP) is -2.41. The molecule has 7 nitrogen and oxygen atoms in total. The molecule has 7 heteroatoms. The van der Waals surface area contributed by atoms with Crippen LogP contribution in [0.4, 0.5) is 0 Å². The summed E-state index contributed by atoms with van der Waals surface area (Å²) < 4.78 is 0. The van der Waals surface area contributed by atoms with Gasteiger partial charge in [0.1, 0.15) is 22.9 Å². The van der Waals surface area contributed by atoms with Crippen LogP contribution < -0.4 is 10.2 Å². The fourth-order valence-corrected chi connectivity index (χ4v) is 1.26. The van der Waals surface area contributed by atoms with Crippen molar-refractivity contribution in [1.29, 1.82) is 5.53 Å². The van der Waals surface area contributed by atoms with Crippen LogP contribution >= 0.6 is 0 Å². The van der Waals surface area contributed by atoms with Crippen molar-refractivity contribution in [2.24, 2.45) is 5.11 Å². The van der Waals surface area contributed by atoms with E-state index in [0.29, 0.717) is 0 Å². The summed E-state index contributed by atoms with van der Waals surface area (Å²) in [5.41, 5.74) is 6.49. The molecule has 1 aliphatic rings. The number of nitrogens with one attached hydrogen (secondary N) is 2. The highest BCUT2D eigenvalue weighted by molar-refractivity contribution is 4.90. The van der Waals surface area contributed by atoms with Gasteiger partial charge in [-0.05, 0) is 0 Å². The lowest BCUT2D eigenvalue weighted by atomic mass is 10.0. The summed E-state index contributed by atoms with van der Waals surface area (Å²) in [6.07, 6.45) is -3.44. The Morgan fingerprint density at radius 3 is 2.54 bits per heavy atom. The van der Waals surface area contributed by atoms with Crippen LogP contribution in [-0.2, 0) is 0 Å². The Hall–Kier alpha value is -0.850. The quantitative estimate of drug-likeness (QED) is 0.233. The van der Waals surface area contributed by atoms with Crippen LogP contribution in [0.2, 0.25) is 0 Å². The minimum atomic E-state index is -1.24. The molecule has 74 valence electrons. The average molecular weight is 189 g/mol. The fourth-order valence-electron chi connectivity index (χ4n) is 1.26. The zero-order valence-electron chi connectivity index (χ0n) is 6.96. The van der Waals surface area contributed by atoms with Gasteiger partial charge in [-0.15, -0.1) is 0 Å². The molecule has 1 rings (SSSR count). The Morgan fingerprint density at radius 2 is 1.92 bits per heavy atom. The first-order valence-electron chi connectivity index (χ1n) is 3.98. The molecule has 0 aromatic heterocycles. The molecular weight excluding hydrogens is 176 g/mol. The fraction of sp³-hybridized carbons (Fsp3) is 1.00. The monoisotopic (exact) mass is 189 g/mol. The predicted molar refractivity (Wildman–Crippen MR) is 42.0 cm³/mol. The molecular formula is C6H13N4O3+. The minimum Gasteiger partial charge on any atom is -0.389 e. The molecule has 0 aliphatic carbocycles. The van der Waals surface area contributed by atoms with Crippen molar-refractivity contribution < 1.29 is 15.3 Å². The summed E-state index contributed by atoms with van der Waals surface area (Å²) in [5.74, 6) is 0. The van der Waals surface area contributed by atoms with Gasteiger partial charge in [0.2, 0.25) is 4.91 Å². The van der Waals surface area contributed by atoms with E-state index >= 15 is 0 Å². The van der Waals surface area contributed by atoms with E-state index in [4.69, 9.17) is 5.53 Å². The molecule has 4 unspecified atom stereocenters. The number of rotatable bonds is 1. The van der Waals surface area contributed by atoms with E-state index in [-0.39, 0.29) is 13.1 Å². The highest BCUT2D eigenvalue weighted by atomic mass is 16.4. The van der Waals surface area contributed by atoms with Gasteiger partial charge in [0, 0.05) is 13.1 Å². The van der Waals surface area contributed by atoms with Crippen LogP contribution in [-0.4, -0.2) is 52.8 Å². The first kappa shape index (κ1) is 10.2. The molecule has 1 fully saturated rings. The smallest absolute Gasteiger partial charge is 0.214 e. The van der Waals surface area contributed by atoms with Gasteiger partial charge in [0.25, 0.3) is 0 Å². The largest absolute Gasteiger partial charge is 0.389 e. The summed E-state index contributed by atoms with van der Waals surface area (Å²) in [6, 6.07) is -0.676. The Morgan fingerprint density at radius 1 is 1.23 bits per heavy atom. The zero-order chi connectivity index (χ0) is 9.84. The number of nitrogens with zero attached hydrogens (tertiary/aromatic N) is 2. The number of hydrogen-bond acceptors (Lipinski definition) is 6. The molecule has 0 radical (unpaired) electrons. The number of aliphatic hydroxyl groups excluding tert-OH is 3. The van der Waals surface area contributed by atoms with E-state index in [0.717, 1.165) is 0 Å². The van der Waals surface area contributed by atoms with Crippen LogP contribution in [0.1, 0.15) is 0 Å². The molecule has 0 spiro atoms. The maximum atomic E-state index is 9.43. The normalized spacial score (nSPS) is 40.5. The number of hydrogen-bond donors (Lipinski definition) is 5. The summed E-state index contributed by atoms with van der Waals surface area (Å²) in [6.45, 7) is 0.486. The van der Waals surface area contributed by atoms with Crippen molar-refractivity contribution in [1.82, 2.24) is 10.2 Å². The second kappa shape index (κ2) is 4.40. The van der Waals surface area contributed by atoms with Crippen LogP contribution in [0.25, 0.3) is 0 Å². The zero-order valence-corrected chi connectivity index (χ0v) is 6.96. The lowest BCUT2D eigenvalue weighted by Crippen LogP contribution is -2.43. The minimum absolute atomic E-state index is 0.197. The van der Waals surface area contributed by atoms with Gasteiger partial charge < -0.3 is 20.6 Å². The van der Waals surface area contributed by atoms with Gasteiger partial charge in [-0.1, -0.05) is 0 Å². The molecule has 1 aliphatic heterocycles. The maximum absolute atomic E-state index is 9.43. The second-order valence-electron chi connectivity index (χ2n) is 2.99. The molecule has 0 bridgehead atoms. The van der Waals surface area contributed by atoms with E-state index in [1.807, 2.05) is 0 Å². The summed E-state index contributed by atoms with van der Waals surface area (Å²) in [4.78, 5) is 2.79. The van der Waals surface area contributed by atoms with Crippen molar-refractivity contribution in [3.63, 3.8) is 0 Å². The van der Waals surface area contributed by atoms with Gasteiger partial charge in [-0.25, -0.2) is 0 Å². The molecule has 1 saturated heterocycles. The Balaban J connectivity index is 2.71. The molecule has 4 atom stereocenters. The maximum Gasteiger partial charge on any atom is 0.214 e. The van der Waals surface area contributed by atoms with Gasteiger partial charge in [-0.2, -0.15) is 0 Å². The van der Waals surface area contributed by atoms with Gasteiger partial charge in [0.05, 0.1) is 6.10 Å². The molecule has 1 heterocycles. The SMILES string of the molecule is N=[N+]=NC1CNCC(O)C(O)C1O. The second-order valence-corrected chi connectivity index (χ2v) is 2.99. The first-order chi connectivity index (χ1) is 6.16. The van der Waals surface area contributed by atoms with Crippen molar-refractivity contribution in [2.75, 3.05) is 13.1 Å². The van der Waals surface area contributed by atoms with E-state index in [9.17, 15) is 15.3 Å². The van der Waals surface area contributed by atoms with E-state index in [2.05, 4.69) is 15.3 Å². The van der Waals surface area contributed by atoms with E-state index in [1.165, 1.54) is 0 Å². The van der Waals surface area contributed by atoms with E-state index in [1.54, 1.807) is 0 Å². The Labute approximate surface area is 74.6 Å². The van der Waals surface area contributed by atoms with Gasteiger partial charge in [0.15, 0.2) is 6.04 Å². The number of aliphatic hydroxyl groups is 3. The third kappa shape index (κ3) is 2.30. The topological polar surface area (TPSA) is 123 Å². The molecule has 13 heavy (non-hydrogen) atoms. The van der Waals surface area contributed by atoms with Crippen molar-refractivity contribution >= 4 is 0 Å². The summed E-state index contributed by atoms with van der Waals surface area (Å²) in [5, 5.41) is 34.2. The standard InChI is InChI=1S/C6H13N4O3/c7-10-9-3-1-8-2-4(11)6(13)5(3)12/h3-8,11-13H,1-2H2/q+1. The summed E-state index contributed by atoms with van der Waals surface area (Å²) >= 11 is 0. The van der Waals surface area contributed by atoms with Crippen molar-refractivity contribution in [2.45, 2.75) is 24.4 Å². The van der Waals surface area contributed by atoms with Crippen LogP contribution in [0, 0.1) is 5.53 Å². The lowest BCUT2D eigenvalue weighted by molar-refractivity contribution is -0.0562. The average Bonchev–Trinajstić information content (AvgIpc) is 2.22. The molecule has 0 aromatic rings. The van der Waals surface area contributed by atoms with Crippen LogP contribution in [0.5, 0.6) is 0 Å². The van der Waals surface area contributed by atoms with Crippen molar-refractivity contribution in [3.05, 3.63) is 0 Å². The summed E-state index contributed by atoms with van der Waals surface area (Å²) in [7, 11) is 0. The third-order valence-electron chi connectivity index (χ3n) is 2.05. The third-order valence-corrected chi connectivity index (χ3v) is 2.05.